The topological polar surface area (TPSA) is 104 Å². The minimum absolute atomic E-state index is 0.00904. The highest BCUT2D eigenvalue weighted by Crippen LogP contribution is 2.20. The van der Waals surface area contributed by atoms with Crippen molar-refractivity contribution in [2.24, 2.45) is 15.9 Å². The molecule has 2 unspecified atom stereocenters. The maximum Gasteiger partial charge on any atom is 0.317 e. The summed E-state index contributed by atoms with van der Waals surface area (Å²) in [4.78, 5) is 25.5. The van der Waals surface area contributed by atoms with Crippen LogP contribution in [0.2, 0.25) is 0 Å². The SMILES string of the molecule is CC(N=C(N)c1ccc(C2=NOC(CN3CCN(CC(=O)O)CC3)C2)cc1)c1ccccc1. The predicted octanol–water partition coefficient (Wildman–Crippen LogP) is 2.35. The zero-order chi connectivity index (χ0) is 23.2. The van der Waals surface area contributed by atoms with Crippen molar-refractivity contribution in [1.82, 2.24) is 9.80 Å². The van der Waals surface area contributed by atoms with Crippen LogP contribution in [0.25, 0.3) is 0 Å². The molecule has 2 aromatic rings. The van der Waals surface area contributed by atoms with Gasteiger partial charge < -0.3 is 15.7 Å². The number of benzene rings is 2. The molecule has 0 spiro atoms. The van der Waals surface area contributed by atoms with Gasteiger partial charge in [-0.15, -0.1) is 0 Å². The molecular formula is C25H31N5O3. The molecule has 2 aromatic carbocycles. The van der Waals surface area contributed by atoms with Gasteiger partial charge in [0.2, 0.25) is 0 Å². The maximum atomic E-state index is 10.9. The third-order valence-corrected chi connectivity index (χ3v) is 6.15. The number of hydrogen-bond acceptors (Lipinski definition) is 6. The van der Waals surface area contributed by atoms with Crippen LogP contribution >= 0.6 is 0 Å². The fourth-order valence-electron chi connectivity index (χ4n) is 4.23. The quantitative estimate of drug-likeness (QED) is 0.474. The fourth-order valence-corrected chi connectivity index (χ4v) is 4.23. The molecule has 4 rings (SSSR count). The van der Waals surface area contributed by atoms with Crippen molar-refractivity contribution >= 4 is 17.5 Å². The van der Waals surface area contributed by atoms with Gasteiger partial charge in [-0.25, -0.2) is 0 Å². The summed E-state index contributed by atoms with van der Waals surface area (Å²) in [6.07, 6.45) is 0.771. The highest BCUT2D eigenvalue weighted by Gasteiger charge is 2.27. The molecule has 1 saturated heterocycles. The Morgan fingerprint density at radius 1 is 1.12 bits per heavy atom. The number of carboxylic acids is 1. The summed E-state index contributed by atoms with van der Waals surface area (Å²) in [5, 5.41) is 13.2. The Hall–Kier alpha value is -3.23. The van der Waals surface area contributed by atoms with E-state index in [0.717, 1.165) is 61.5 Å². The summed E-state index contributed by atoms with van der Waals surface area (Å²) < 4.78 is 0. The van der Waals surface area contributed by atoms with E-state index in [-0.39, 0.29) is 18.7 Å². The largest absolute Gasteiger partial charge is 0.480 e. The van der Waals surface area contributed by atoms with Gasteiger partial charge >= 0.3 is 5.97 Å². The van der Waals surface area contributed by atoms with Gasteiger partial charge in [-0.1, -0.05) is 59.8 Å². The lowest BCUT2D eigenvalue weighted by atomic mass is 10.0. The van der Waals surface area contributed by atoms with Crippen molar-refractivity contribution in [2.75, 3.05) is 39.3 Å². The van der Waals surface area contributed by atoms with Gasteiger partial charge in [-0.05, 0) is 18.1 Å². The molecule has 2 heterocycles. The van der Waals surface area contributed by atoms with Gasteiger partial charge in [0.25, 0.3) is 0 Å². The second-order valence-corrected chi connectivity index (χ2v) is 8.62. The van der Waals surface area contributed by atoms with Crippen molar-refractivity contribution in [1.29, 1.82) is 0 Å². The van der Waals surface area contributed by atoms with E-state index in [4.69, 9.17) is 15.7 Å². The minimum Gasteiger partial charge on any atom is -0.480 e. The van der Waals surface area contributed by atoms with Gasteiger partial charge in [0.05, 0.1) is 18.3 Å². The Labute approximate surface area is 194 Å². The number of nitrogens with zero attached hydrogens (tertiary/aromatic N) is 4. The Balaban J connectivity index is 1.28. The van der Waals surface area contributed by atoms with Crippen LogP contribution in [0.4, 0.5) is 0 Å². The van der Waals surface area contributed by atoms with Crippen molar-refractivity contribution in [2.45, 2.75) is 25.5 Å². The number of piperazine rings is 1. The molecule has 0 radical (unpaired) electrons. The number of aliphatic carboxylic acids is 1. The van der Waals surface area contributed by atoms with Gasteiger partial charge in [0, 0.05) is 44.7 Å². The fraction of sp³-hybridized carbons (Fsp3) is 0.400. The highest BCUT2D eigenvalue weighted by atomic mass is 16.6. The molecule has 8 heteroatoms. The molecule has 8 nitrogen and oxygen atoms in total. The molecule has 33 heavy (non-hydrogen) atoms. The molecule has 0 saturated carbocycles. The number of carbonyl (C=O) groups is 1. The number of oxime groups is 1. The van der Waals surface area contributed by atoms with Crippen LogP contribution < -0.4 is 5.73 Å². The zero-order valence-corrected chi connectivity index (χ0v) is 18.9. The molecule has 3 N–H and O–H groups in total. The zero-order valence-electron chi connectivity index (χ0n) is 18.9. The number of rotatable bonds is 8. The van der Waals surface area contributed by atoms with E-state index in [1.807, 2.05) is 54.3 Å². The van der Waals surface area contributed by atoms with Crippen LogP contribution in [0.3, 0.4) is 0 Å². The monoisotopic (exact) mass is 449 g/mol. The minimum atomic E-state index is -0.773. The Morgan fingerprint density at radius 3 is 2.45 bits per heavy atom. The maximum absolute atomic E-state index is 10.9. The molecule has 0 aromatic heterocycles. The summed E-state index contributed by atoms with van der Waals surface area (Å²) in [5.74, 6) is -0.257. The summed E-state index contributed by atoms with van der Waals surface area (Å²) in [5.41, 5.74) is 10.2. The molecule has 0 amide bonds. The second-order valence-electron chi connectivity index (χ2n) is 8.62. The second kappa shape index (κ2) is 10.6. The van der Waals surface area contributed by atoms with Crippen molar-refractivity contribution < 1.29 is 14.7 Å². The molecule has 2 aliphatic rings. The summed E-state index contributed by atoms with van der Waals surface area (Å²) in [7, 11) is 0. The molecule has 0 bridgehead atoms. The van der Waals surface area contributed by atoms with Crippen LogP contribution in [0.5, 0.6) is 0 Å². The molecule has 2 atom stereocenters. The standard InChI is InChI=1S/C25H31N5O3/c1-18(19-5-3-2-4-6-19)27-25(26)21-9-7-20(8-10-21)23-15-22(33-28-23)16-29-11-13-30(14-12-29)17-24(31)32/h2-10,18,22H,11-17H2,1H3,(H2,26,27)(H,31,32). The number of carboxylic acid groups (broad SMARTS) is 1. The number of amidine groups is 1. The molecule has 174 valence electrons. The van der Waals surface area contributed by atoms with E-state index in [1.54, 1.807) is 0 Å². The van der Waals surface area contributed by atoms with E-state index >= 15 is 0 Å². The predicted molar refractivity (Wildman–Crippen MR) is 129 cm³/mol. The lowest BCUT2D eigenvalue weighted by Gasteiger charge is -2.34. The van der Waals surface area contributed by atoms with E-state index < -0.39 is 5.97 Å². The first-order chi connectivity index (χ1) is 16.0. The number of hydrogen-bond donors (Lipinski definition) is 2. The van der Waals surface area contributed by atoms with Crippen LogP contribution in [-0.4, -0.2) is 77.8 Å². The smallest absolute Gasteiger partial charge is 0.317 e. The molecule has 2 aliphatic heterocycles. The third-order valence-electron chi connectivity index (χ3n) is 6.15. The molecule has 1 fully saturated rings. The number of aliphatic imine (C=N–C) groups is 1. The summed E-state index contributed by atoms with van der Waals surface area (Å²) >= 11 is 0. The van der Waals surface area contributed by atoms with Crippen LogP contribution in [0.15, 0.2) is 64.7 Å². The molecular weight excluding hydrogens is 418 g/mol. The summed E-state index contributed by atoms with van der Waals surface area (Å²) in [6.45, 7) is 6.15. The van der Waals surface area contributed by atoms with Gasteiger partial charge in [0.1, 0.15) is 11.9 Å². The van der Waals surface area contributed by atoms with Gasteiger partial charge in [-0.2, -0.15) is 0 Å². The first-order valence-electron chi connectivity index (χ1n) is 11.4. The van der Waals surface area contributed by atoms with Crippen LogP contribution in [-0.2, 0) is 9.63 Å². The van der Waals surface area contributed by atoms with Crippen LogP contribution in [0.1, 0.15) is 36.1 Å². The van der Waals surface area contributed by atoms with Crippen molar-refractivity contribution in [3.05, 3.63) is 71.3 Å². The van der Waals surface area contributed by atoms with E-state index in [0.29, 0.717) is 5.84 Å². The average molecular weight is 450 g/mol. The lowest BCUT2D eigenvalue weighted by molar-refractivity contribution is -0.138. The van der Waals surface area contributed by atoms with E-state index in [9.17, 15) is 4.79 Å². The Morgan fingerprint density at radius 2 is 1.79 bits per heavy atom. The van der Waals surface area contributed by atoms with Gasteiger partial charge in [0.15, 0.2) is 0 Å². The van der Waals surface area contributed by atoms with E-state index in [2.05, 4.69) is 27.2 Å². The average Bonchev–Trinajstić information content (AvgIpc) is 3.29. The number of nitrogens with two attached hydrogens (primary N) is 1. The highest BCUT2D eigenvalue weighted by molar-refractivity contribution is 6.03. The van der Waals surface area contributed by atoms with Gasteiger partial charge in [-0.3, -0.25) is 19.6 Å². The van der Waals surface area contributed by atoms with Crippen LogP contribution in [0, 0.1) is 0 Å². The lowest BCUT2D eigenvalue weighted by Crippen LogP contribution is -2.49. The summed E-state index contributed by atoms with van der Waals surface area (Å²) in [6, 6.07) is 18.1. The first-order valence-corrected chi connectivity index (χ1v) is 11.4. The Bertz CT molecular complexity index is 998. The third kappa shape index (κ3) is 6.18. The normalized spacial score (nSPS) is 20.8. The van der Waals surface area contributed by atoms with E-state index in [1.165, 1.54) is 0 Å². The molecule has 0 aliphatic carbocycles. The van der Waals surface area contributed by atoms with Crippen molar-refractivity contribution in [3.8, 4) is 0 Å². The first kappa shape index (κ1) is 22.9. The Kier molecular flexibility index (Phi) is 7.36. The van der Waals surface area contributed by atoms with Crippen molar-refractivity contribution in [3.63, 3.8) is 0 Å².